The first kappa shape index (κ1) is 17.3. The topological polar surface area (TPSA) is 76.0 Å². The molecule has 1 atom stereocenters. The maximum absolute atomic E-state index is 13.0. The van der Waals surface area contributed by atoms with E-state index in [0.717, 1.165) is 5.56 Å². The van der Waals surface area contributed by atoms with Gasteiger partial charge in [-0.2, -0.15) is 5.10 Å². The van der Waals surface area contributed by atoms with Crippen molar-refractivity contribution in [3.63, 3.8) is 0 Å². The molecule has 3 aromatic rings. The predicted octanol–water partition coefficient (Wildman–Crippen LogP) is 3.82. The van der Waals surface area contributed by atoms with Crippen molar-refractivity contribution >= 4 is 46.5 Å². The normalized spacial score (nSPS) is 19.9. The molecule has 5 rings (SSSR count). The summed E-state index contributed by atoms with van der Waals surface area (Å²) in [7, 11) is 0. The van der Waals surface area contributed by atoms with Gasteiger partial charge in [0.2, 0.25) is 11.8 Å². The first-order chi connectivity index (χ1) is 13.5. The van der Waals surface area contributed by atoms with Crippen LogP contribution in [0.15, 0.2) is 48.7 Å². The van der Waals surface area contributed by atoms with Gasteiger partial charge in [-0.15, -0.1) is 0 Å². The zero-order valence-electron chi connectivity index (χ0n) is 14.5. The summed E-state index contributed by atoms with van der Waals surface area (Å²) in [5.41, 5.74) is 1.88. The Hall–Kier alpha value is -2.83. The second-order valence-electron chi connectivity index (χ2n) is 6.97. The summed E-state index contributed by atoms with van der Waals surface area (Å²) in [6.07, 6.45) is 1.66. The van der Waals surface area contributed by atoms with Gasteiger partial charge in [-0.3, -0.25) is 9.59 Å². The Morgan fingerprint density at radius 3 is 2.54 bits per heavy atom. The number of fused-ring (bicyclic) bond motifs is 4. The van der Waals surface area contributed by atoms with E-state index in [2.05, 4.69) is 15.7 Å². The molecule has 140 valence electrons. The van der Waals surface area contributed by atoms with Gasteiger partial charge in [0.1, 0.15) is 11.2 Å². The van der Waals surface area contributed by atoms with Gasteiger partial charge in [-0.1, -0.05) is 35.3 Å². The molecule has 2 aliphatic heterocycles. The minimum atomic E-state index is -1.13. The fourth-order valence-electron chi connectivity index (χ4n) is 4.00. The number of benzene rings is 2. The second kappa shape index (κ2) is 6.09. The second-order valence-corrected chi connectivity index (χ2v) is 7.84. The monoisotopic (exact) mass is 412 g/mol. The van der Waals surface area contributed by atoms with Gasteiger partial charge in [-0.25, -0.2) is 4.68 Å². The molecule has 0 radical (unpaired) electrons. The first-order valence-electron chi connectivity index (χ1n) is 8.69. The molecule has 3 heterocycles. The van der Waals surface area contributed by atoms with Crippen molar-refractivity contribution in [1.29, 1.82) is 0 Å². The average Bonchev–Trinajstić information content (AvgIpc) is 3.18. The van der Waals surface area contributed by atoms with Gasteiger partial charge in [0, 0.05) is 27.7 Å². The summed E-state index contributed by atoms with van der Waals surface area (Å²) in [6, 6.07) is 12.6. The predicted molar refractivity (Wildman–Crippen MR) is 107 cm³/mol. The number of halogens is 2. The summed E-state index contributed by atoms with van der Waals surface area (Å²) >= 11 is 12.1. The molecule has 0 fully saturated rings. The smallest absolute Gasteiger partial charge is 0.240 e. The number of rotatable bonds is 2. The number of hydrogen-bond acceptors (Lipinski definition) is 3. The van der Waals surface area contributed by atoms with E-state index >= 15 is 0 Å². The van der Waals surface area contributed by atoms with Gasteiger partial charge in [0.25, 0.3) is 0 Å². The van der Waals surface area contributed by atoms with E-state index in [1.165, 1.54) is 0 Å². The summed E-state index contributed by atoms with van der Waals surface area (Å²) in [5, 5.41) is 11.4. The highest BCUT2D eigenvalue weighted by molar-refractivity contribution is 6.31. The van der Waals surface area contributed by atoms with Crippen molar-refractivity contribution in [2.24, 2.45) is 0 Å². The molecule has 0 saturated heterocycles. The molecule has 1 aromatic heterocycles. The van der Waals surface area contributed by atoms with Crippen molar-refractivity contribution in [2.45, 2.75) is 18.4 Å². The van der Waals surface area contributed by atoms with Crippen molar-refractivity contribution in [3.8, 4) is 0 Å². The minimum Gasteiger partial charge on any atom is -0.325 e. The SMILES string of the molecule is O=C1C[C@]2(C(=O)Nc3ccc(Cl)cc32)c2cnn(Cc3ccc(Cl)cc3)c2N1. The molecular formula is C20H14Cl2N4O2. The number of hydrogen-bond donors (Lipinski definition) is 2. The number of amides is 2. The maximum Gasteiger partial charge on any atom is 0.240 e. The number of nitrogens with one attached hydrogen (secondary N) is 2. The van der Waals surface area contributed by atoms with Crippen LogP contribution < -0.4 is 10.6 Å². The van der Waals surface area contributed by atoms with E-state index in [1.54, 1.807) is 41.2 Å². The zero-order chi connectivity index (χ0) is 19.5. The van der Waals surface area contributed by atoms with Crippen LogP contribution in [0.3, 0.4) is 0 Å². The van der Waals surface area contributed by atoms with Crippen molar-refractivity contribution in [1.82, 2.24) is 9.78 Å². The lowest BCUT2D eigenvalue weighted by atomic mass is 9.72. The third-order valence-electron chi connectivity index (χ3n) is 5.31. The van der Waals surface area contributed by atoms with E-state index in [9.17, 15) is 9.59 Å². The number of anilines is 2. The molecule has 2 aromatic carbocycles. The molecule has 6 nitrogen and oxygen atoms in total. The van der Waals surface area contributed by atoms with Crippen molar-refractivity contribution in [3.05, 3.63) is 75.4 Å². The lowest BCUT2D eigenvalue weighted by Crippen LogP contribution is -2.43. The maximum atomic E-state index is 13.0. The highest BCUT2D eigenvalue weighted by atomic mass is 35.5. The Kier molecular flexibility index (Phi) is 3.76. The standard InChI is InChI=1S/C20H14Cl2N4O2/c21-12-3-1-11(2-4-12)10-26-18-15(9-23-26)20(8-17(27)25-18)14-7-13(22)5-6-16(14)24-19(20)28/h1-7,9H,8,10H2,(H,24,28)(H,25,27)/t20-/m1/s1. The van der Waals surface area contributed by atoms with Gasteiger partial charge in [-0.05, 0) is 41.5 Å². The van der Waals surface area contributed by atoms with Crippen LogP contribution in [-0.4, -0.2) is 21.6 Å². The largest absolute Gasteiger partial charge is 0.325 e. The van der Waals surface area contributed by atoms with Crippen LogP contribution in [0.25, 0.3) is 0 Å². The van der Waals surface area contributed by atoms with Crippen molar-refractivity contribution in [2.75, 3.05) is 10.6 Å². The van der Waals surface area contributed by atoms with Crippen LogP contribution in [0.5, 0.6) is 0 Å². The molecule has 0 aliphatic carbocycles. The van der Waals surface area contributed by atoms with E-state index in [-0.39, 0.29) is 18.2 Å². The Balaban J connectivity index is 1.65. The van der Waals surface area contributed by atoms with Gasteiger partial charge >= 0.3 is 0 Å². The van der Waals surface area contributed by atoms with Crippen LogP contribution in [0, 0.1) is 0 Å². The van der Waals surface area contributed by atoms with Crippen LogP contribution in [0.4, 0.5) is 11.5 Å². The van der Waals surface area contributed by atoms with E-state index < -0.39 is 5.41 Å². The quantitative estimate of drug-likeness (QED) is 0.671. The molecule has 2 aliphatic rings. The number of aromatic nitrogens is 2. The van der Waals surface area contributed by atoms with E-state index in [4.69, 9.17) is 23.2 Å². The molecule has 0 bridgehead atoms. The molecule has 2 N–H and O–H groups in total. The fraction of sp³-hybridized carbons (Fsp3) is 0.150. The van der Waals surface area contributed by atoms with Crippen LogP contribution in [0.2, 0.25) is 10.0 Å². The zero-order valence-corrected chi connectivity index (χ0v) is 16.0. The Labute approximate surface area is 170 Å². The first-order valence-corrected chi connectivity index (χ1v) is 9.45. The number of nitrogens with zero attached hydrogens (tertiary/aromatic N) is 2. The summed E-state index contributed by atoms with van der Waals surface area (Å²) in [4.78, 5) is 25.6. The van der Waals surface area contributed by atoms with Crippen LogP contribution in [0.1, 0.15) is 23.1 Å². The highest BCUT2D eigenvalue weighted by Gasteiger charge is 2.54. The van der Waals surface area contributed by atoms with E-state index in [0.29, 0.717) is 39.2 Å². The molecule has 2 amide bonds. The van der Waals surface area contributed by atoms with Crippen LogP contribution in [-0.2, 0) is 21.5 Å². The number of carbonyl (C=O) groups is 2. The minimum absolute atomic E-state index is 0.00577. The third kappa shape index (κ3) is 2.45. The average molecular weight is 413 g/mol. The van der Waals surface area contributed by atoms with Crippen LogP contribution >= 0.6 is 23.2 Å². The van der Waals surface area contributed by atoms with Gasteiger partial charge in [0.05, 0.1) is 12.7 Å². The van der Waals surface area contributed by atoms with Gasteiger partial charge < -0.3 is 10.6 Å². The summed E-state index contributed by atoms with van der Waals surface area (Å²) in [6.45, 7) is 0.437. The molecule has 28 heavy (non-hydrogen) atoms. The van der Waals surface area contributed by atoms with E-state index in [1.807, 2.05) is 12.1 Å². The molecule has 8 heteroatoms. The molecule has 1 spiro atoms. The number of carbonyl (C=O) groups excluding carboxylic acids is 2. The summed E-state index contributed by atoms with van der Waals surface area (Å²) in [5.74, 6) is 0.0365. The van der Waals surface area contributed by atoms with Gasteiger partial charge in [0.15, 0.2) is 0 Å². The Morgan fingerprint density at radius 1 is 1.00 bits per heavy atom. The highest BCUT2D eigenvalue weighted by Crippen LogP contribution is 2.50. The van der Waals surface area contributed by atoms with Crippen molar-refractivity contribution < 1.29 is 9.59 Å². The lowest BCUT2D eigenvalue weighted by Gasteiger charge is -2.31. The Bertz CT molecular complexity index is 1140. The molecule has 0 saturated carbocycles. The fourth-order valence-corrected chi connectivity index (χ4v) is 4.30. The Morgan fingerprint density at radius 2 is 1.75 bits per heavy atom. The lowest BCUT2D eigenvalue weighted by molar-refractivity contribution is -0.125. The molecular weight excluding hydrogens is 399 g/mol. The third-order valence-corrected chi connectivity index (χ3v) is 5.79. The molecule has 0 unspecified atom stereocenters. The summed E-state index contributed by atoms with van der Waals surface area (Å²) < 4.78 is 1.69.